The van der Waals surface area contributed by atoms with Crippen LogP contribution in [0.2, 0.25) is 5.02 Å². The van der Waals surface area contributed by atoms with Crippen molar-refractivity contribution in [3.8, 4) is 5.82 Å². The Morgan fingerprint density at radius 1 is 0.926 bits per heavy atom. The Bertz CT molecular complexity index is 1170. The Labute approximate surface area is 151 Å². The molecule has 3 heterocycles. The van der Waals surface area contributed by atoms with Gasteiger partial charge in [-0.2, -0.15) is 36.5 Å². The van der Waals surface area contributed by atoms with Crippen LogP contribution in [0.3, 0.4) is 0 Å². The van der Waals surface area contributed by atoms with Gasteiger partial charge in [0.05, 0.1) is 22.3 Å². The van der Waals surface area contributed by atoms with E-state index in [0.29, 0.717) is 22.0 Å². The molecule has 0 radical (unpaired) electrons. The second-order valence-corrected chi connectivity index (χ2v) is 6.07. The van der Waals surface area contributed by atoms with Gasteiger partial charge in [-0.1, -0.05) is 23.7 Å². The molecule has 0 saturated carbocycles. The molecule has 0 bridgehead atoms. The summed E-state index contributed by atoms with van der Waals surface area (Å²) in [4.78, 5) is 0. The largest absolute Gasteiger partial charge is 0.435 e. The second kappa shape index (κ2) is 5.62. The number of hydrogen-bond donors (Lipinski definition) is 0. The van der Waals surface area contributed by atoms with Gasteiger partial charge in [-0.3, -0.25) is 0 Å². The summed E-state index contributed by atoms with van der Waals surface area (Å²) >= 11 is 6.10. The molecule has 0 aliphatic heterocycles. The molecule has 0 fully saturated rings. The zero-order chi connectivity index (χ0) is 19.6. The smallest absolute Gasteiger partial charge is 0.214 e. The number of rotatable bonds is 1. The van der Waals surface area contributed by atoms with Crippen molar-refractivity contribution in [2.24, 2.45) is 0 Å². The molecule has 4 rings (SSSR count). The summed E-state index contributed by atoms with van der Waals surface area (Å²) in [5.41, 5.74) is -2.55. The van der Waals surface area contributed by atoms with Crippen molar-refractivity contribution in [1.29, 1.82) is 0 Å². The Kier molecular flexibility index (Phi) is 3.68. The number of nitrogens with zero attached hydrogens (tertiary/aromatic N) is 4. The van der Waals surface area contributed by atoms with Crippen LogP contribution in [0.5, 0.6) is 0 Å². The van der Waals surface area contributed by atoms with E-state index in [-0.39, 0.29) is 16.1 Å². The van der Waals surface area contributed by atoms with Gasteiger partial charge in [-0.25, -0.2) is 9.20 Å². The zero-order valence-corrected chi connectivity index (χ0v) is 13.7. The van der Waals surface area contributed by atoms with Gasteiger partial charge in [0, 0.05) is 5.39 Å². The predicted octanol–water partition coefficient (Wildman–Crippen LogP) is 5.36. The summed E-state index contributed by atoms with van der Waals surface area (Å²) in [6.07, 6.45) is -8.40. The van der Waals surface area contributed by atoms with E-state index in [4.69, 9.17) is 11.6 Å². The molecule has 0 aliphatic carbocycles. The predicted molar refractivity (Wildman–Crippen MR) is 84.8 cm³/mol. The minimum atomic E-state index is -4.85. The molecule has 0 saturated heterocycles. The van der Waals surface area contributed by atoms with Gasteiger partial charge < -0.3 is 0 Å². The molecule has 27 heavy (non-hydrogen) atoms. The van der Waals surface area contributed by atoms with Gasteiger partial charge in [-0.15, -0.1) is 0 Å². The highest BCUT2D eigenvalue weighted by atomic mass is 35.5. The van der Waals surface area contributed by atoms with Gasteiger partial charge in [0.1, 0.15) is 5.56 Å². The minimum Gasteiger partial charge on any atom is -0.214 e. The summed E-state index contributed by atoms with van der Waals surface area (Å²) in [5, 5.41) is 7.77. The highest BCUT2D eigenvalue weighted by Crippen LogP contribution is 2.37. The SMILES string of the molecule is FC(F)(F)c1cc2ccc(C(F)(F)F)c(-n3ncc4cccc(Cl)c43)n2n1. The number of para-hydroxylation sites is 1. The van der Waals surface area contributed by atoms with E-state index >= 15 is 0 Å². The van der Waals surface area contributed by atoms with Crippen molar-refractivity contribution < 1.29 is 26.3 Å². The first kappa shape index (κ1) is 17.7. The lowest BCUT2D eigenvalue weighted by molar-refractivity contribution is -0.141. The fourth-order valence-electron chi connectivity index (χ4n) is 2.80. The van der Waals surface area contributed by atoms with E-state index in [0.717, 1.165) is 10.7 Å². The monoisotopic (exact) mass is 404 g/mol. The second-order valence-electron chi connectivity index (χ2n) is 5.67. The number of benzene rings is 1. The van der Waals surface area contributed by atoms with Crippen molar-refractivity contribution in [3.63, 3.8) is 0 Å². The maximum atomic E-state index is 13.6. The van der Waals surface area contributed by atoms with Crippen LogP contribution in [-0.4, -0.2) is 19.4 Å². The van der Waals surface area contributed by atoms with Crippen LogP contribution >= 0.6 is 11.6 Å². The molecule has 0 spiro atoms. The van der Waals surface area contributed by atoms with Crippen LogP contribution in [-0.2, 0) is 12.4 Å². The summed E-state index contributed by atoms with van der Waals surface area (Å²) in [6.45, 7) is 0. The summed E-state index contributed by atoms with van der Waals surface area (Å²) < 4.78 is 81.2. The number of fused-ring (bicyclic) bond motifs is 2. The fourth-order valence-corrected chi connectivity index (χ4v) is 3.06. The van der Waals surface area contributed by atoms with Gasteiger partial charge in [0.15, 0.2) is 11.5 Å². The van der Waals surface area contributed by atoms with E-state index in [1.807, 2.05) is 0 Å². The van der Waals surface area contributed by atoms with Crippen molar-refractivity contribution in [1.82, 2.24) is 19.4 Å². The minimum absolute atomic E-state index is 0.0957. The Morgan fingerprint density at radius 3 is 2.33 bits per heavy atom. The van der Waals surface area contributed by atoms with Crippen molar-refractivity contribution in [3.05, 3.63) is 58.9 Å². The summed E-state index contributed by atoms with van der Waals surface area (Å²) in [6, 6.07) is 6.87. The van der Waals surface area contributed by atoms with E-state index in [1.165, 1.54) is 12.3 Å². The average molecular weight is 405 g/mol. The van der Waals surface area contributed by atoms with Gasteiger partial charge in [-0.05, 0) is 24.3 Å². The lowest BCUT2D eigenvalue weighted by Crippen LogP contribution is -2.16. The molecule has 0 atom stereocenters. The third-order valence-corrected chi connectivity index (χ3v) is 4.24. The summed E-state index contributed by atoms with van der Waals surface area (Å²) in [5.74, 6) is -0.682. The topological polar surface area (TPSA) is 35.1 Å². The standard InChI is InChI=1S/C16H7ClF6N4/c17-11-3-1-2-8-7-24-27(13(8)11)14-10(15(18,19)20)5-4-9-6-12(16(21,22)23)25-26(9)14/h1-7H. The van der Waals surface area contributed by atoms with Gasteiger partial charge >= 0.3 is 12.4 Å². The quantitative estimate of drug-likeness (QED) is 0.400. The maximum Gasteiger partial charge on any atom is 0.435 e. The van der Waals surface area contributed by atoms with E-state index in [9.17, 15) is 26.3 Å². The molecule has 4 aromatic rings. The molecule has 0 amide bonds. The number of alkyl halides is 6. The summed E-state index contributed by atoms with van der Waals surface area (Å²) in [7, 11) is 0. The molecule has 4 nitrogen and oxygen atoms in total. The lowest BCUT2D eigenvalue weighted by atomic mass is 10.2. The Balaban J connectivity index is 2.14. The normalized spacial score (nSPS) is 13.0. The number of halogens is 7. The molecule has 0 unspecified atom stereocenters. The first-order valence-corrected chi connectivity index (χ1v) is 7.75. The number of pyridine rings is 1. The molecule has 0 aliphatic rings. The zero-order valence-electron chi connectivity index (χ0n) is 13.0. The van der Waals surface area contributed by atoms with Gasteiger partial charge in [0.2, 0.25) is 0 Å². The fraction of sp³-hybridized carbons (Fsp3) is 0.125. The van der Waals surface area contributed by atoms with Crippen LogP contribution in [0.15, 0.2) is 42.6 Å². The molecule has 140 valence electrons. The lowest BCUT2D eigenvalue weighted by Gasteiger charge is -2.15. The number of aromatic nitrogens is 4. The van der Waals surface area contributed by atoms with Crippen molar-refractivity contribution in [2.45, 2.75) is 12.4 Å². The Hall–Kier alpha value is -2.75. The average Bonchev–Trinajstić information content (AvgIpc) is 3.17. The van der Waals surface area contributed by atoms with Crippen LogP contribution in [0.4, 0.5) is 26.3 Å². The van der Waals surface area contributed by atoms with E-state index in [1.54, 1.807) is 12.1 Å². The van der Waals surface area contributed by atoms with E-state index < -0.39 is 29.4 Å². The maximum absolute atomic E-state index is 13.6. The Morgan fingerprint density at radius 2 is 1.67 bits per heavy atom. The van der Waals surface area contributed by atoms with E-state index in [2.05, 4.69) is 10.2 Å². The van der Waals surface area contributed by atoms with Crippen LogP contribution in [0.25, 0.3) is 22.2 Å². The number of hydrogen-bond acceptors (Lipinski definition) is 2. The van der Waals surface area contributed by atoms with Crippen LogP contribution in [0.1, 0.15) is 11.3 Å². The third-order valence-electron chi connectivity index (χ3n) is 3.94. The molecule has 0 N–H and O–H groups in total. The molecule has 1 aromatic carbocycles. The molecular formula is C16H7ClF6N4. The van der Waals surface area contributed by atoms with Gasteiger partial charge in [0.25, 0.3) is 0 Å². The first-order chi connectivity index (χ1) is 12.6. The molecule has 3 aromatic heterocycles. The van der Waals surface area contributed by atoms with Crippen LogP contribution < -0.4 is 0 Å². The molecular weight excluding hydrogens is 398 g/mol. The van der Waals surface area contributed by atoms with Crippen LogP contribution in [0, 0.1) is 0 Å². The molecule has 11 heteroatoms. The first-order valence-electron chi connectivity index (χ1n) is 7.37. The van der Waals surface area contributed by atoms with Crippen molar-refractivity contribution >= 4 is 28.0 Å². The highest BCUT2D eigenvalue weighted by molar-refractivity contribution is 6.35. The third kappa shape index (κ3) is 2.80. The van der Waals surface area contributed by atoms with Crippen molar-refractivity contribution in [2.75, 3.05) is 0 Å². The highest BCUT2D eigenvalue weighted by Gasteiger charge is 2.39.